The molecule has 0 saturated heterocycles. The van der Waals surface area contributed by atoms with Crippen molar-refractivity contribution in [3.8, 4) is 0 Å². The van der Waals surface area contributed by atoms with E-state index in [1.807, 2.05) is 0 Å². The van der Waals surface area contributed by atoms with Crippen LogP contribution in [-0.2, 0) is 14.3 Å². The maximum atomic E-state index is 11.2. The molecule has 0 atom stereocenters. The molecule has 0 heterocycles. The van der Waals surface area contributed by atoms with Crippen molar-refractivity contribution < 1.29 is 19.4 Å². The van der Waals surface area contributed by atoms with Crippen molar-refractivity contribution in [2.45, 2.75) is 39.5 Å². The van der Waals surface area contributed by atoms with Crippen LogP contribution < -0.4 is 5.32 Å². The van der Waals surface area contributed by atoms with Crippen molar-refractivity contribution in [2.24, 2.45) is 5.92 Å². The van der Waals surface area contributed by atoms with Crippen molar-refractivity contribution in [1.29, 1.82) is 0 Å². The number of unbranched alkanes of at least 4 members (excludes halogenated alkanes) is 1. The van der Waals surface area contributed by atoms with Gasteiger partial charge in [0.1, 0.15) is 6.61 Å². The normalized spacial score (nSPS) is 10.5. The van der Waals surface area contributed by atoms with Crippen LogP contribution in [0.2, 0.25) is 0 Å². The molecule has 0 unspecified atom stereocenters. The van der Waals surface area contributed by atoms with Gasteiger partial charge in [-0.15, -0.1) is 0 Å². The summed E-state index contributed by atoms with van der Waals surface area (Å²) >= 11 is 0. The number of nitrogens with one attached hydrogen (secondary N) is 1. The summed E-state index contributed by atoms with van der Waals surface area (Å²) in [5.41, 5.74) is 0. The molecule has 0 aliphatic rings. The third-order valence-electron chi connectivity index (χ3n) is 2.21. The first-order valence-corrected chi connectivity index (χ1v) is 6.08. The van der Waals surface area contributed by atoms with Gasteiger partial charge in [0.2, 0.25) is 5.91 Å². The smallest absolute Gasteiger partial charge is 0.303 e. The third kappa shape index (κ3) is 12.8. The molecule has 0 bridgehead atoms. The summed E-state index contributed by atoms with van der Waals surface area (Å²) in [6, 6.07) is 0. The van der Waals surface area contributed by atoms with Crippen molar-refractivity contribution in [2.75, 3.05) is 19.8 Å². The summed E-state index contributed by atoms with van der Waals surface area (Å²) in [5.74, 6) is -0.355. The number of carboxylic acids is 1. The van der Waals surface area contributed by atoms with E-state index in [1.54, 1.807) is 0 Å². The molecule has 0 aliphatic carbocycles. The minimum absolute atomic E-state index is 0.0889. The van der Waals surface area contributed by atoms with Crippen LogP contribution >= 0.6 is 0 Å². The molecule has 1 amide bonds. The fourth-order valence-electron chi connectivity index (χ4n) is 1.16. The quantitative estimate of drug-likeness (QED) is 0.571. The monoisotopic (exact) mass is 245 g/mol. The van der Waals surface area contributed by atoms with E-state index in [-0.39, 0.29) is 18.9 Å². The fraction of sp³-hybridized carbons (Fsp3) is 0.833. The van der Waals surface area contributed by atoms with Crippen LogP contribution in [0.1, 0.15) is 39.5 Å². The highest BCUT2D eigenvalue weighted by Crippen LogP contribution is 1.98. The van der Waals surface area contributed by atoms with Crippen LogP contribution in [0.15, 0.2) is 0 Å². The molecule has 0 spiro atoms. The number of hydrogen-bond donors (Lipinski definition) is 2. The molecule has 5 nitrogen and oxygen atoms in total. The number of amides is 1. The van der Waals surface area contributed by atoms with Gasteiger partial charge in [0.25, 0.3) is 0 Å². The van der Waals surface area contributed by atoms with Gasteiger partial charge in [-0.25, -0.2) is 0 Å². The van der Waals surface area contributed by atoms with E-state index in [0.29, 0.717) is 31.9 Å². The van der Waals surface area contributed by atoms with Crippen LogP contribution in [-0.4, -0.2) is 36.7 Å². The maximum Gasteiger partial charge on any atom is 0.303 e. The first kappa shape index (κ1) is 15.9. The summed E-state index contributed by atoms with van der Waals surface area (Å²) in [7, 11) is 0. The van der Waals surface area contributed by atoms with Crippen molar-refractivity contribution in [3.63, 3.8) is 0 Å². The molecule has 100 valence electrons. The van der Waals surface area contributed by atoms with Gasteiger partial charge in [0, 0.05) is 19.6 Å². The second-order valence-corrected chi connectivity index (χ2v) is 4.44. The number of carbonyl (C=O) groups excluding carboxylic acids is 1. The highest BCUT2D eigenvalue weighted by molar-refractivity contribution is 5.77. The van der Waals surface area contributed by atoms with Crippen LogP contribution in [0.5, 0.6) is 0 Å². The van der Waals surface area contributed by atoms with E-state index < -0.39 is 5.97 Å². The summed E-state index contributed by atoms with van der Waals surface area (Å²) in [6.07, 6.45) is 2.38. The fourth-order valence-corrected chi connectivity index (χ4v) is 1.16. The molecule has 0 aromatic carbocycles. The summed E-state index contributed by atoms with van der Waals surface area (Å²) in [6.45, 7) is 5.41. The largest absolute Gasteiger partial charge is 0.481 e. The average molecular weight is 245 g/mol. The van der Waals surface area contributed by atoms with Gasteiger partial charge in [0.15, 0.2) is 0 Å². The van der Waals surface area contributed by atoms with Crippen molar-refractivity contribution in [3.05, 3.63) is 0 Å². The Morgan fingerprint density at radius 1 is 1.29 bits per heavy atom. The lowest BCUT2D eigenvalue weighted by Crippen LogP contribution is -2.28. The second-order valence-electron chi connectivity index (χ2n) is 4.44. The predicted octanol–water partition coefficient (Wildman–Crippen LogP) is 1.42. The molecule has 0 radical (unpaired) electrons. The Morgan fingerprint density at radius 2 is 2.00 bits per heavy atom. The summed E-state index contributed by atoms with van der Waals surface area (Å²) in [5, 5.41) is 11.1. The lowest BCUT2D eigenvalue weighted by molar-refractivity contribution is -0.137. The lowest BCUT2D eigenvalue weighted by Gasteiger charge is -2.07. The molecular formula is C12H23NO4. The lowest BCUT2D eigenvalue weighted by atomic mass is 10.1. The van der Waals surface area contributed by atoms with E-state index in [2.05, 4.69) is 19.2 Å². The minimum atomic E-state index is -0.798. The van der Waals surface area contributed by atoms with Gasteiger partial charge in [0.05, 0.1) is 0 Å². The minimum Gasteiger partial charge on any atom is -0.481 e. The number of rotatable bonds is 10. The van der Waals surface area contributed by atoms with E-state index in [9.17, 15) is 9.59 Å². The average Bonchev–Trinajstić information content (AvgIpc) is 2.23. The first-order valence-electron chi connectivity index (χ1n) is 6.08. The van der Waals surface area contributed by atoms with Crippen LogP contribution in [0.25, 0.3) is 0 Å². The molecule has 5 heteroatoms. The summed E-state index contributed by atoms with van der Waals surface area (Å²) in [4.78, 5) is 21.5. The Morgan fingerprint density at radius 3 is 2.59 bits per heavy atom. The number of carbonyl (C=O) groups is 2. The molecule has 0 fully saturated rings. The SMILES string of the molecule is CC(C)CCOCC(=O)NCCCCC(=O)O. The van der Waals surface area contributed by atoms with E-state index >= 15 is 0 Å². The highest BCUT2D eigenvalue weighted by atomic mass is 16.5. The van der Waals surface area contributed by atoms with Crippen LogP contribution in [0, 0.1) is 5.92 Å². The molecule has 2 N–H and O–H groups in total. The number of ether oxygens (including phenoxy) is 1. The van der Waals surface area contributed by atoms with Crippen molar-refractivity contribution >= 4 is 11.9 Å². The van der Waals surface area contributed by atoms with Crippen LogP contribution in [0.3, 0.4) is 0 Å². The van der Waals surface area contributed by atoms with Gasteiger partial charge in [-0.3, -0.25) is 9.59 Å². The number of hydrogen-bond acceptors (Lipinski definition) is 3. The highest BCUT2D eigenvalue weighted by Gasteiger charge is 2.02. The standard InChI is InChI=1S/C12H23NO4/c1-10(2)6-8-17-9-11(14)13-7-4-3-5-12(15)16/h10H,3-9H2,1-2H3,(H,13,14)(H,15,16). The number of carboxylic acid groups (broad SMARTS) is 1. The second kappa shape index (κ2) is 10.1. The zero-order chi connectivity index (χ0) is 13.1. The van der Waals surface area contributed by atoms with E-state index in [1.165, 1.54) is 0 Å². The Kier molecular flexibility index (Phi) is 9.43. The summed E-state index contributed by atoms with van der Waals surface area (Å²) < 4.78 is 5.20. The van der Waals surface area contributed by atoms with Gasteiger partial charge < -0.3 is 15.2 Å². The van der Waals surface area contributed by atoms with Gasteiger partial charge in [-0.2, -0.15) is 0 Å². The third-order valence-corrected chi connectivity index (χ3v) is 2.21. The van der Waals surface area contributed by atoms with Gasteiger partial charge in [-0.1, -0.05) is 13.8 Å². The van der Waals surface area contributed by atoms with Gasteiger partial charge in [-0.05, 0) is 25.2 Å². The Bertz CT molecular complexity index is 229. The molecule has 0 saturated carbocycles. The Labute approximate surface area is 103 Å². The maximum absolute atomic E-state index is 11.2. The number of aliphatic carboxylic acids is 1. The van der Waals surface area contributed by atoms with E-state index in [0.717, 1.165) is 6.42 Å². The molecule has 0 aromatic heterocycles. The topological polar surface area (TPSA) is 75.6 Å². The van der Waals surface area contributed by atoms with Crippen molar-refractivity contribution in [1.82, 2.24) is 5.32 Å². The molecular weight excluding hydrogens is 222 g/mol. The Balaban J connectivity index is 3.26. The Hall–Kier alpha value is -1.10. The zero-order valence-corrected chi connectivity index (χ0v) is 10.7. The molecule has 0 rings (SSSR count). The molecule has 17 heavy (non-hydrogen) atoms. The van der Waals surface area contributed by atoms with E-state index in [4.69, 9.17) is 9.84 Å². The molecule has 0 aromatic rings. The predicted molar refractivity (Wildman–Crippen MR) is 64.8 cm³/mol. The first-order chi connectivity index (χ1) is 8.02. The van der Waals surface area contributed by atoms with Gasteiger partial charge >= 0.3 is 5.97 Å². The van der Waals surface area contributed by atoms with Crippen LogP contribution in [0.4, 0.5) is 0 Å². The zero-order valence-electron chi connectivity index (χ0n) is 10.7. The molecule has 0 aliphatic heterocycles.